The summed E-state index contributed by atoms with van der Waals surface area (Å²) in [6.07, 6.45) is 2.87. The molecule has 0 heterocycles. The SMILES string of the molecule is CC(C)(C)[Si](C)(C)OC1CC(=S)Cc2ccc(Cl)cc2C1. The van der Waals surface area contributed by atoms with Gasteiger partial charge in [0.15, 0.2) is 8.32 Å². The van der Waals surface area contributed by atoms with Crippen LogP contribution < -0.4 is 0 Å². The molecule has 1 unspecified atom stereocenters. The zero-order valence-electron chi connectivity index (χ0n) is 13.6. The van der Waals surface area contributed by atoms with E-state index < -0.39 is 8.32 Å². The van der Waals surface area contributed by atoms with Crippen LogP contribution in [0, 0.1) is 0 Å². The van der Waals surface area contributed by atoms with Crippen molar-refractivity contribution in [2.75, 3.05) is 0 Å². The Morgan fingerprint density at radius 3 is 2.48 bits per heavy atom. The minimum Gasteiger partial charge on any atom is -0.413 e. The van der Waals surface area contributed by atoms with E-state index in [1.807, 2.05) is 6.07 Å². The molecule has 1 atom stereocenters. The first-order valence-electron chi connectivity index (χ1n) is 7.55. The molecule has 0 saturated carbocycles. The third-order valence-corrected chi connectivity index (χ3v) is 9.81. The summed E-state index contributed by atoms with van der Waals surface area (Å²) in [4.78, 5) is 1.10. The van der Waals surface area contributed by atoms with Gasteiger partial charge in [0.2, 0.25) is 0 Å². The van der Waals surface area contributed by atoms with E-state index in [4.69, 9.17) is 28.2 Å². The number of benzene rings is 1. The maximum absolute atomic E-state index is 6.60. The van der Waals surface area contributed by atoms with E-state index in [1.165, 1.54) is 11.1 Å². The maximum Gasteiger partial charge on any atom is 0.192 e. The summed E-state index contributed by atoms with van der Waals surface area (Å²) >= 11 is 11.7. The molecule has 1 aromatic carbocycles. The summed E-state index contributed by atoms with van der Waals surface area (Å²) in [5, 5.41) is 1.02. The summed E-state index contributed by atoms with van der Waals surface area (Å²) in [5.41, 5.74) is 2.61. The van der Waals surface area contributed by atoms with Crippen LogP contribution in [0.4, 0.5) is 0 Å². The molecule has 4 heteroatoms. The number of rotatable bonds is 2. The van der Waals surface area contributed by atoms with Gasteiger partial charge in [0.25, 0.3) is 0 Å². The highest BCUT2D eigenvalue weighted by Crippen LogP contribution is 2.38. The first-order valence-corrected chi connectivity index (χ1v) is 11.2. The molecule has 21 heavy (non-hydrogen) atoms. The molecule has 1 nitrogen and oxygen atoms in total. The van der Waals surface area contributed by atoms with Crippen LogP contribution in [0.25, 0.3) is 0 Å². The molecule has 1 aliphatic carbocycles. The fourth-order valence-electron chi connectivity index (χ4n) is 2.49. The van der Waals surface area contributed by atoms with Crippen molar-refractivity contribution in [3.05, 3.63) is 34.3 Å². The molecule has 0 fully saturated rings. The van der Waals surface area contributed by atoms with E-state index in [1.54, 1.807) is 0 Å². The molecule has 0 amide bonds. The van der Waals surface area contributed by atoms with Crippen molar-refractivity contribution in [2.24, 2.45) is 0 Å². The van der Waals surface area contributed by atoms with Gasteiger partial charge in [-0.25, -0.2) is 0 Å². The Morgan fingerprint density at radius 1 is 1.19 bits per heavy atom. The molecule has 0 aliphatic heterocycles. The van der Waals surface area contributed by atoms with Crippen LogP contribution in [0.15, 0.2) is 18.2 Å². The topological polar surface area (TPSA) is 9.23 Å². The Labute approximate surface area is 140 Å². The monoisotopic (exact) mass is 340 g/mol. The van der Waals surface area contributed by atoms with E-state index in [-0.39, 0.29) is 11.1 Å². The fraction of sp³-hybridized carbons (Fsp3) is 0.588. The van der Waals surface area contributed by atoms with Crippen molar-refractivity contribution in [3.8, 4) is 0 Å². The lowest BCUT2D eigenvalue weighted by molar-refractivity contribution is 0.189. The van der Waals surface area contributed by atoms with Gasteiger partial charge in [0.05, 0.1) is 6.10 Å². The Morgan fingerprint density at radius 2 is 1.86 bits per heavy atom. The van der Waals surface area contributed by atoms with Crippen LogP contribution in [0.3, 0.4) is 0 Å². The summed E-state index contributed by atoms with van der Waals surface area (Å²) < 4.78 is 6.60. The molecule has 1 aliphatic rings. The van der Waals surface area contributed by atoms with Gasteiger partial charge in [-0.3, -0.25) is 0 Å². The molecule has 0 radical (unpaired) electrons. The predicted octanol–water partition coefficient (Wildman–Crippen LogP) is 5.59. The van der Waals surface area contributed by atoms with Gasteiger partial charge in [-0.1, -0.05) is 50.7 Å². The first-order chi connectivity index (χ1) is 9.58. The van der Waals surface area contributed by atoms with E-state index in [0.29, 0.717) is 0 Å². The Hall–Kier alpha value is -0.223. The van der Waals surface area contributed by atoms with Crippen LogP contribution in [0.5, 0.6) is 0 Å². The minimum absolute atomic E-state index is 0.193. The fourth-order valence-corrected chi connectivity index (χ4v) is 4.38. The van der Waals surface area contributed by atoms with Crippen molar-refractivity contribution in [2.45, 2.75) is 64.3 Å². The molecule has 2 rings (SSSR count). The van der Waals surface area contributed by atoms with Crippen LogP contribution in [0.2, 0.25) is 23.2 Å². The summed E-state index contributed by atoms with van der Waals surface area (Å²) in [6.45, 7) is 11.4. The van der Waals surface area contributed by atoms with Crippen molar-refractivity contribution < 1.29 is 4.43 Å². The number of hydrogen-bond donors (Lipinski definition) is 0. The van der Waals surface area contributed by atoms with Crippen molar-refractivity contribution in [1.29, 1.82) is 0 Å². The summed E-state index contributed by atoms with van der Waals surface area (Å²) in [5.74, 6) is 0. The highest BCUT2D eigenvalue weighted by atomic mass is 35.5. The average Bonchev–Trinajstić information content (AvgIpc) is 2.44. The first kappa shape index (κ1) is 17.1. The lowest BCUT2D eigenvalue weighted by atomic mass is 10.0. The molecule has 0 bridgehead atoms. The van der Waals surface area contributed by atoms with Crippen LogP contribution >= 0.6 is 23.8 Å². The zero-order chi connectivity index (χ0) is 15.8. The van der Waals surface area contributed by atoms with Crippen LogP contribution in [-0.4, -0.2) is 19.3 Å². The van der Waals surface area contributed by atoms with Crippen molar-refractivity contribution in [1.82, 2.24) is 0 Å². The Balaban J connectivity index is 2.24. The van der Waals surface area contributed by atoms with Gasteiger partial charge in [-0.2, -0.15) is 0 Å². The van der Waals surface area contributed by atoms with Gasteiger partial charge in [0.1, 0.15) is 0 Å². The van der Waals surface area contributed by atoms with Gasteiger partial charge >= 0.3 is 0 Å². The van der Waals surface area contributed by atoms with Crippen molar-refractivity contribution in [3.63, 3.8) is 0 Å². The summed E-state index contributed by atoms with van der Waals surface area (Å²) in [7, 11) is -1.77. The number of halogens is 1. The van der Waals surface area contributed by atoms with E-state index in [9.17, 15) is 0 Å². The second-order valence-electron chi connectivity index (χ2n) is 7.54. The third-order valence-electron chi connectivity index (χ3n) is 4.73. The minimum atomic E-state index is -1.77. The van der Waals surface area contributed by atoms with Gasteiger partial charge in [0, 0.05) is 17.9 Å². The standard InChI is InChI=1S/C17H25ClOSSi/c1-17(2,3)21(4,5)19-15-9-13-8-14(18)7-6-12(13)10-16(20)11-15/h6-8,15H,9-11H2,1-5H3. The maximum atomic E-state index is 6.60. The van der Waals surface area contributed by atoms with Gasteiger partial charge in [-0.05, 0) is 52.7 Å². The average molecular weight is 341 g/mol. The Kier molecular flexibility index (Phi) is 4.99. The number of hydrogen-bond acceptors (Lipinski definition) is 2. The smallest absolute Gasteiger partial charge is 0.192 e. The van der Waals surface area contributed by atoms with E-state index in [2.05, 4.69) is 46.0 Å². The largest absolute Gasteiger partial charge is 0.413 e. The zero-order valence-corrected chi connectivity index (χ0v) is 16.2. The molecule has 1 aromatic rings. The second-order valence-corrected chi connectivity index (χ2v) is 13.3. The van der Waals surface area contributed by atoms with Gasteiger partial charge in [-0.15, -0.1) is 0 Å². The lowest BCUT2D eigenvalue weighted by Gasteiger charge is -2.39. The predicted molar refractivity (Wildman–Crippen MR) is 98.1 cm³/mol. The summed E-state index contributed by atoms with van der Waals surface area (Å²) in [6, 6.07) is 6.14. The van der Waals surface area contributed by atoms with Crippen LogP contribution in [0.1, 0.15) is 38.3 Å². The van der Waals surface area contributed by atoms with E-state index in [0.717, 1.165) is 29.1 Å². The molecular formula is C17H25ClOSSi. The highest BCUT2D eigenvalue weighted by Gasteiger charge is 2.39. The molecule has 0 N–H and O–H groups in total. The van der Waals surface area contributed by atoms with Gasteiger partial charge < -0.3 is 4.43 Å². The number of thiocarbonyl (C=S) groups is 1. The molecule has 0 saturated heterocycles. The molecule has 0 aromatic heterocycles. The quantitative estimate of drug-likeness (QED) is 0.394. The van der Waals surface area contributed by atoms with Crippen LogP contribution in [-0.2, 0) is 17.3 Å². The Bertz CT molecular complexity index is 548. The molecule has 116 valence electrons. The van der Waals surface area contributed by atoms with E-state index >= 15 is 0 Å². The molecule has 0 spiro atoms. The molecular weight excluding hydrogens is 316 g/mol. The third kappa shape index (κ3) is 4.16. The lowest BCUT2D eigenvalue weighted by Crippen LogP contribution is -2.44. The second kappa shape index (κ2) is 6.11. The van der Waals surface area contributed by atoms with Crippen molar-refractivity contribution >= 4 is 37.0 Å². The highest BCUT2D eigenvalue weighted by molar-refractivity contribution is 7.80. The number of fused-ring (bicyclic) bond motifs is 1. The normalized spacial score (nSPS) is 20.1.